The van der Waals surface area contributed by atoms with Crippen molar-refractivity contribution in [2.45, 2.75) is 34.6 Å². The molecule has 0 amide bonds. The van der Waals surface area contributed by atoms with Crippen LogP contribution >= 0.6 is 0 Å². The van der Waals surface area contributed by atoms with E-state index in [1.54, 1.807) is 19.1 Å². The second kappa shape index (κ2) is 8.56. The van der Waals surface area contributed by atoms with E-state index in [0.717, 1.165) is 0 Å². The molecule has 0 saturated heterocycles. The molecule has 128 valence electrons. The van der Waals surface area contributed by atoms with Gasteiger partial charge < -0.3 is 5.73 Å². The summed E-state index contributed by atoms with van der Waals surface area (Å²) in [4.78, 5) is 18.5. The van der Waals surface area contributed by atoms with Gasteiger partial charge in [0.15, 0.2) is 5.65 Å². The molecule has 0 spiro atoms. The van der Waals surface area contributed by atoms with Gasteiger partial charge in [0.2, 0.25) is 0 Å². The van der Waals surface area contributed by atoms with Crippen molar-refractivity contribution >= 4 is 22.5 Å². The van der Waals surface area contributed by atoms with Crippen LogP contribution in [0.5, 0.6) is 0 Å². The number of non-ortho nitro benzene ring substituents is 1. The number of hydrogen-bond donors (Lipinski definition) is 1. The van der Waals surface area contributed by atoms with E-state index >= 15 is 0 Å². The number of aromatic nitrogens is 4. The first-order valence-corrected chi connectivity index (χ1v) is 7.78. The monoisotopic (exact) mass is 330 g/mol. The lowest BCUT2D eigenvalue weighted by Gasteiger charge is -2.02. The van der Waals surface area contributed by atoms with Gasteiger partial charge in [0.25, 0.3) is 5.69 Å². The summed E-state index contributed by atoms with van der Waals surface area (Å²) >= 11 is 0. The number of anilines is 1. The van der Waals surface area contributed by atoms with E-state index in [1.807, 2.05) is 27.7 Å². The fourth-order valence-corrected chi connectivity index (χ4v) is 2.06. The zero-order chi connectivity index (χ0) is 18.3. The van der Waals surface area contributed by atoms with Crippen LogP contribution in [-0.2, 0) is 0 Å². The van der Waals surface area contributed by atoms with Crippen LogP contribution in [0.3, 0.4) is 0 Å². The van der Waals surface area contributed by atoms with Gasteiger partial charge in [-0.1, -0.05) is 33.8 Å². The van der Waals surface area contributed by atoms with Gasteiger partial charge in [-0.3, -0.25) is 10.1 Å². The number of fused-ring (bicyclic) bond motifs is 1. The summed E-state index contributed by atoms with van der Waals surface area (Å²) in [6.07, 6.45) is 1.34. The Morgan fingerprint density at radius 2 is 1.83 bits per heavy atom. The number of nitro benzene ring substituents is 1. The molecule has 0 aliphatic rings. The molecule has 0 aliphatic carbocycles. The Hall–Kier alpha value is -3.03. The molecule has 24 heavy (non-hydrogen) atoms. The quantitative estimate of drug-likeness (QED) is 0.566. The Balaban J connectivity index is 0.000000671. The Bertz CT molecular complexity index is 829. The molecule has 8 heteroatoms. The van der Waals surface area contributed by atoms with Gasteiger partial charge >= 0.3 is 0 Å². The third-order valence-electron chi connectivity index (χ3n) is 2.95. The van der Waals surface area contributed by atoms with Gasteiger partial charge in [0.1, 0.15) is 12.1 Å². The van der Waals surface area contributed by atoms with Gasteiger partial charge in [-0.15, -0.1) is 0 Å². The highest BCUT2D eigenvalue weighted by molar-refractivity contribution is 5.88. The van der Waals surface area contributed by atoms with Crippen LogP contribution in [0.15, 0.2) is 30.6 Å². The van der Waals surface area contributed by atoms with E-state index in [4.69, 9.17) is 5.73 Å². The van der Waals surface area contributed by atoms with E-state index < -0.39 is 4.92 Å². The van der Waals surface area contributed by atoms with Crippen LogP contribution < -0.4 is 5.73 Å². The molecule has 8 nitrogen and oxygen atoms in total. The van der Waals surface area contributed by atoms with Crippen molar-refractivity contribution in [3.05, 3.63) is 46.4 Å². The minimum Gasteiger partial charge on any atom is -0.383 e. The van der Waals surface area contributed by atoms with E-state index in [9.17, 15) is 10.1 Å². The lowest BCUT2D eigenvalue weighted by Crippen LogP contribution is -2.00. The number of benzene rings is 1. The fraction of sp³-hybridized carbons (Fsp3) is 0.312. The molecular weight excluding hydrogens is 308 g/mol. The molecule has 0 aliphatic heterocycles. The third kappa shape index (κ3) is 3.65. The second-order valence-electron chi connectivity index (χ2n) is 4.23. The highest BCUT2D eigenvalue weighted by atomic mass is 16.6. The average molecular weight is 330 g/mol. The average Bonchev–Trinajstić information content (AvgIpc) is 2.97. The van der Waals surface area contributed by atoms with Crippen LogP contribution in [-0.4, -0.2) is 24.7 Å². The summed E-state index contributed by atoms with van der Waals surface area (Å²) in [5.74, 6) is 0.337. The first-order valence-electron chi connectivity index (χ1n) is 7.78. The molecule has 0 atom stereocenters. The van der Waals surface area contributed by atoms with E-state index in [-0.39, 0.29) is 5.69 Å². The van der Waals surface area contributed by atoms with Gasteiger partial charge in [0.05, 0.1) is 21.7 Å². The summed E-state index contributed by atoms with van der Waals surface area (Å²) in [6.45, 7) is 9.79. The third-order valence-corrected chi connectivity index (χ3v) is 2.95. The van der Waals surface area contributed by atoms with E-state index in [0.29, 0.717) is 28.2 Å². The molecule has 2 heterocycles. The number of aryl methyl sites for hydroxylation is 1. The molecule has 0 radical (unpaired) electrons. The Morgan fingerprint density at radius 1 is 1.17 bits per heavy atom. The van der Waals surface area contributed by atoms with Gasteiger partial charge in [-0.05, 0) is 13.0 Å². The molecule has 0 saturated carbocycles. The van der Waals surface area contributed by atoms with Crippen molar-refractivity contribution in [3.8, 4) is 5.69 Å². The predicted octanol–water partition coefficient (Wildman–Crippen LogP) is 3.67. The van der Waals surface area contributed by atoms with E-state index in [2.05, 4.69) is 15.1 Å². The maximum atomic E-state index is 10.8. The zero-order valence-electron chi connectivity index (χ0n) is 14.5. The molecule has 1 aromatic carbocycles. The van der Waals surface area contributed by atoms with Crippen molar-refractivity contribution in [2.75, 3.05) is 5.73 Å². The number of rotatable bonds is 2. The first kappa shape index (κ1) is 19.0. The molecule has 3 rings (SSSR count). The molecular formula is C16H22N6O2. The van der Waals surface area contributed by atoms with Crippen molar-refractivity contribution < 1.29 is 4.92 Å². The number of nitrogens with zero attached hydrogens (tertiary/aromatic N) is 5. The van der Waals surface area contributed by atoms with Crippen LogP contribution in [0, 0.1) is 17.0 Å². The van der Waals surface area contributed by atoms with Crippen LogP contribution in [0.1, 0.15) is 33.4 Å². The summed E-state index contributed by atoms with van der Waals surface area (Å²) in [6, 6.07) is 6.17. The summed E-state index contributed by atoms with van der Waals surface area (Å²) in [5, 5.41) is 15.8. The first-order chi connectivity index (χ1) is 11.6. The lowest BCUT2D eigenvalue weighted by molar-refractivity contribution is -0.384. The van der Waals surface area contributed by atoms with Gasteiger partial charge in [0, 0.05) is 12.1 Å². The highest BCUT2D eigenvalue weighted by Crippen LogP contribution is 2.24. The minimum atomic E-state index is -0.453. The van der Waals surface area contributed by atoms with Crippen molar-refractivity contribution in [1.82, 2.24) is 19.7 Å². The van der Waals surface area contributed by atoms with Crippen LogP contribution in [0.25, 0.3) is 16.7 Å². The smallest absolute Gasteiger partial charge is 0.271 e. The maximum Gasteiger partial charge on any atom is 0.271 e. The van der Waals surface area contributed by atoms with Gasteiger partial charge in [-0.2, -0.15) is 5.10 Å². The zero-order valence-corrected chi connectivity index (χ0v) is 14.5. The second-order valence-corrected chi connectivity index (χ2v) is 4.23. The summed E-state index contributed by atoms with van der Waals surface area (Å²) in [7, 11) is 0. The number of hydrogen-bond acceptors (Lipinski definition) is 6. The summed E-state index contributed by atoms with van der Waals surface area (Å²) in [5.41, 5.74) is 7.55. The lowest BCUT2D eigenvalue weighted by atomic mass is 10.3. The Morgan fingerprint density at radius 3 is 2.46 bits per heavy atom. The molecule has 0 bridgehead atoms. The SMILES string of the molecule is CC.CC.Cc1nn(-c2cccc([N+](=O)[O-])c2)c2ncnc(N)c12. The Labute approximate surface area is 140 Å². The Kier molecular flexibility index (Phi) is 6.79. The van der Waals surface area contributed by atoms with Crippen LogP contribution in [0.4, 0.5) is 11.5 Å². The van der Waals surface area contributed by atoms with E-state index in [1.165, 1.54) is 23.1 Å². The standard InChI is InChI=1S/C12H10N6O2.2C2H6/c1-7-10-11(13)14-6-15-12(10)17(16-7)8-3-2-4-9(5-8)18(19)20;2*1-2/h2-6H,1H3,(H2,13,14,15);2*1-2H3. The van der Waals surface area contributed by atoms with Gasteiger partial charge in [-0.25, -0.2) is 14.6 Å². The number of nitro groups is 1. The molecule has 0 fully saturated rings. The molecule has 2 aromatic heterocycles. The topological polar surface area (TPSA) is 113 Å². The fourth-order valence-electron chi connectivity index (χ4n) is 2.06. The minimum absolute atomic E-state index is 0.00849. The summed E-state index contributed by atoms with van der Waals surface area (Å²) < 4.78 is 1.52. The maximum absolute atomic E-state index is 10.8. The molecule has 2 N–H and O–H groups in total. The van der Waals surface area contributed by atoms with Crippen LogP contribution in [0.2, 0.25) is 0 Å². The normalized spacial score (nSPS) is 9.54. The highest BCUT2D eigenvalue weighted by Gasteiger charge is 2.15. The largest absolute Gasteiger partial charge is 0.383 e. The van der Waals surface area contributed by atoms with Crippen molar-refractivity contribution in [1.29, 1.82) is 0 Å². The molecule has 0 unspecified atom stereocenters. The predicted molar refractivity (Wildman–Crippen MR) is 95.2 cm³/mol. The molecule has 3 aromatic rings. The van der Waals surface area contributed by atoms with Crippen molar-refractivity contribution in [3.63, 3.8) is 0 Å². The number of nitrogen functional groups attached to an aromatic ring is 1. The number of nitrogens with two attached hydrogens (primary N) is 1. The van der Waals surface area contributed by atoms with Crippen molar-refractivity contribution in [2.24, 2.45) is 0 Å².